The molecule has 0 fully saturated rings. The highest BCUT2D eigenvalue weighted by Gasteiger charge is 2.34. The van der Waals surface area contributed by atoms with E-state index >= 15 is 0 Å². The van der Waals surface area contributed by atoms with E-state index in [1.807, 2.05) is 0 Å². The summed E-state index contributed by atoms with van der Waals surface area (Å²) in [4.78, 5) is 33.8. The number of allylic oxidation sites excluding steroid dienone is 1. The van der Waals surface area contributed by atoms with Crippen LogP contribution in [-0.4, -0.2) is 29.1 Å². The Morgan fingerprint density at radius 1 is 1.45 bits per heavy atom. The maximum absolute atomic E-state index is 11.9. The van der Waals surface area contributed by atoms with Gasteiger partial charge in [0.05, 0.1) is 23.6 Å². The maximum atomic E-state index is 11.9. The molecular formula is C13H13N3O6. The molecule has 2 amide bonds. The Morgan fingerprint density at radius 2 is 2.14 bits per heavy atom. The quantitative estimate of drug-likeness (QED) is 0.435. The molecule has 1 heterocycles. The van der Waals surface area contributed by atoms with Gasteiger partial charge in [-0.25, -0.2) is 9.59 Å². The van der Waals surface area contributed by atoms with Crippen LogP contribution in [0.2, 0.25) is 0 Å². The van der Waals surface area contributed by atoms with Gasteiger partial charge in [0.1, 0.15) is 5.75 Å². The summed E-state index contributed by atoms with van der Waals surface area (Å²) in [6, 6.07) is 1.70. The third-order valence-corrected chi connectivity index (χ3v) is 3.21. The number of amides is 2. The molecule has 1 aromatic carbocycles. The van der Waals surface area contributed by atoms with E-state index in [4.69, 9.17) is 0 Å². The molecule has 0 bridgehead atoms. The van der Waals surface area contributed by atoms with Gasteiger partial charge in [-0.05, 0) is 13.0 Å². The molecule has 0 saturated carbocycles. The van der Waals surface area contributed by atoms with Crippen LogP contribution in [-0.2, 0) is 9.53 Å². The third kappa shape index (κ3) is 2.68. The third-order valence-electron chi connectivity index (χ3n) is 3.21. The lowest BCUT2D eigenvalue weighted by Crippen LogP contribution is -2.45. The van der Waals surface area contributed by atoms with Crippen molar-refractivity contribution in [3.05, 3.63) is 45.1 Å². The van der Waals surface area contributed by atoms with Gasteiger partial charge in [0.2, 0.25) is 0 Å². The number of rotatable bonds is 3. The Bertz CT molecular complexity index is 697. The number of esters is 1. The fourth-order valence-corrected chi connectivity index (χ4v) is 2.19. The lowest BCUT2D eigenvalue weighted by molar-refractivity contribution is -0.385. The highest BCUT2D eigenvalue weighted by molar-refractivity contribution is 5.95. The molecule has 0 unspecified atom stereocenters. The number of aromatic hydroxyl groups is 1. The zero-order valence-electron chi connectivity index (χ0n) is 11.7. The maximum Gasteiger partial charge on any atom is 0.337 e. The number of nitrogens with zero attached hydrogens (tertiary/aromatic N) is 1. The van der Waals surface area contributed by atoms with Crippen molar-refractivity contribution in [2.75, 3.05) is 7.11 Å². The molecule has 0 aliphatic carbocycles. The van der Waals surface area contributed by atoms with Crippen LogP contribution in [0.15, 0.2) is 29.5 Å². The molecule has 2 rings (SSSR count). The smallest absolute Gasteiger partial charge is 0.337 e. The predicted octanol–water partition coefficient (Wildman–Crippen LogP) is 1.10. The summed E-state index contributed by atoms with van der Waals surface area (Å²) in [5.74, 6) is -1.01. The number of phenolic OH excluding ortho intramolecular Hbond substituents is 1. The Morgan fingerprint density at radius 3 is 2.73 bits per heavy atom. The van der Waals surface area contributed by atoms with Gasteiger partial charge < -0.3 is 20.5 Å². The normalized spacial score (nSPS) is 17.5. The molecule has 3 N–H and O–H groups in total. The molecule has 22 heavy (non-hydrogen) atoms. The first kappa shape index (κ1) is 15.3. The van der Waals surface area contributed by atoms with Gasteiger partial charge in [-0.3, -0.25) is 10.1 Å². The fourth-order valence-electron chi connectivity index (χ4n) is 2.19. The number of ether oxygens (including phenoxy) is 1. The van der Waals surface area contributed by atoms with Gasteiger partial charge in [0, 0.05) is 23.4 Å². The lowest BCUT2D eigenvalue weighted by atomic mass is 9.94. The van der Waals surface area contributed by atoms with Gasteiger partial charge in [-0.1, -0.05) is 0 Å². The molecule has 1 aromatic rings. The van der Waals surface area contributed by atoms with E-state index < -0.39 is 23.0 Å². The number of hydrogen-bond donors (Lipinski definition) is 3. The molecule has 1 aliphatic rings. The van der Waals surface area contributed by atoms with Crippen LogP contribution in [0.4, 0.5) is 10.5 Å². The molecule has 0 radical (unpaired) electrons. The first-order valence-electron chi connectivity index (χ1n) is 6.19. The van der Waals surface area contributed by atoms with Gasteiger partial charge in [-0.15, -0.1) is 0 Å². The molecular weight excluding hydrogens is 294 g/mol. The van der Waals surface area contributed by atoms with Crippen LogP contribution in [0, 0.1) is 10.1 Å². The number of benzene rings is 1. The topological polar surface area (TPSA) is 131 Å². The summed E-state index contributed by atoms with van der Waals surface area (Å²) < 4.78 is 4.66. The molecule has 0 saturated heterocycles. The number of phenols is 1. The fraction of sp³-hybridized carbons (Fsp3) is 0.231. The Kier molecular flexibility index (Phi) is 3.97. The average Bonchev–Trinajstić information content (AvgIpc) is 2.46. The molecule has 1 aliphatic heterocycles. The number of carbonyl (C=O) groups is 2. The van der Waals surface area contributed by atoms with Crippen LogP contribution in [0.1, 0.15) is 18.5 Å². The summed E-state index contributed by atoms with van der Waals surface area (Å²) in [7, 11) is 1.17. The minimum Gasteiger partial charge on any atom is -0.508 e. The summed E-state index contributed by atoms with van der Waals surface area (Å²) in [5.41, 5.74) is 0.0515. The zero-order chi connectivity index (χ0) is 16.4. The minimum absolute atomic E-state index is 0.0313. The first-order chi connectivity index (χ1) is 10.3. The molecule has 9 nitrogen and oxygen atoms in total. The summed E-state index contributed by atoms with van der Waals surface area (Å²) in [6.45, 7) is 1.49. The van der Waals surface area contributed by atoms with Crippen molar-refractivity contribution in [3.63, 3.8) is 0 Å². The van der Waals surface area contributed by atoms with Crippen LogP contribution in [0.5, 0.6) is 5.75 Å². The van der Waals surface area contributed by atoms with Gasteiger partial charge >= 0.3 is 12.0 Å². The van der Waals surface area contributed by atoms with Gasteiger partial charge in [-0.2, -0.15) is 0 Å². The second-order valence-corrected chi connectivity index (χ2v) is 4.56. The molecule has 0 aromatic heterocycles. The van der Waals surface area contributed by atoms with E-state index in [9.17, 15) is 24.8 Å². The van der Waals surface area contributed by atoms with Crippen molar-refractivity contribution in [1.82, 2.24) is 10.6 Å². The largest absolute Gasteiger partial charge is 0.508 e. The van der Waals surface area contributed by atoms with E-state index in [1.54, 1.807) is 0 Å². The van der Waals surface area contributed by atoms with E-state index in [0.717, 1.165) is 18.2 Å². The number of hydrogen-bond acceptors (Lipinski definition) is 6. The van der Waals surface area contributed by atoms with E-state index in [2.05, 4.69) is 15.4 Å². The first-order valence-corrected chi connectivity index (χ1v) is 6.19. The average molecular weight is 307 g/mol. The Labute approximate surface area is 124 Å². The van der Waals surface area contributed by atoms with E-state index in [0.29, 0.717) is 0 Å². The molecule has 9 heteroatoms. The van der Waals surface area contributed by atoms with Crippen molar-refractivity contribution >= 4 is 17.7 Å². The predicted molar refractivity (Wildman–Crippen MR) is 73.9 cm³/mol. The van der Waals surface area contributed by atoms with Crippen molar-refractivity contribution in [3.8, 4) is 5.75 Å². The lowest BCUT2D eigenvalue weighted by Gasteiger charge is -2.28. The number of urea groups is 1. The molecule has 0 spiro atoms. The molecule has 116 valence electrons. The number of nitrogens with one attached hydrogen (secondary N) is 2. The van der Waals surface area contributed by atoms with Gasteiger partial charge in [0.15, 0.2) is 0 Å². The van der Waals surface area contributed by atoms with Crippen molar-refractivity contribution in [2.45, 2.75) is 13.0 Å². The summed E-state index contributed by atoms with van der Waals surface area (Å²) in [6.07, 6.45) is 0. The van der Waals surface area contributed by atoms with Crippen LogP contribution in [0.3, 0.4) is 0 Å². The second kappa shape index (κ2) is 5.72. The van der Waals surface area contributed by atoms with Crippen LogP contribution in [0.25, 0.3) is 0 Å². The summed E-state index contributed by atoms with van der Waals surface area (Å²) in [5, 5.41) is 25.7. The number of methoxy groups -OCH3 is 1. The second-order valence-electron chi connectivity index (χ2n) is 4.56. The monoisotopic (exact) mass is 307 g/mol. The van der Waals surface area contributed by atoms with Crippen molar-refractivity contribution in [1.29, 1.82) is 0 Å². The number of nitro groups is 1. The van der Waals surface area contributed by atoms with Crippen molar-refractivity contribution in [2.24, 2.45) is 0 Å². The Balaban J connectivity index is 2.60. The Hall–Kier alpha value is -3.10. The highest BCUT2D eigenvalue weighted by Crippen LogP contribution is 2.35. The minimum atomic E-state index is -1.05. The highest BCUT2D eigenvalue weighted by atomic mass is 16.6. The van der Waals surface area contributed by atoms with Gasteiger partial charge in [0.25, 0.3) is 5.69 Å². The standard InChI is InChI=1S/C13H13N3O6/c1-6-10(12(18)22-2)11(15-13(19)14-6)8-5-7(16(20)21)3-4-9(8)17/h3-5,11,17H,1-2H3,(H2,14,15,19)/t11-/m0/s1. The van der Waals surface area contributed by atoms with Crippen LogP contribution < -0.4 is 10.6 Å². The van der Waals surface area contributed by atoms with E-state index in [-0.39, 0.29) is 28.3 Å². The number of carbonyl (C=O) groups excluding carboxylic acids is 2. The van der Waals surface area contributed by atoms with Crippen LogP contribution >= 0.6 is 0 Å². The van der Waals surface area contributed by atoms with E-state index in [1.165, 1.54) is 14.0 Å². The SMILES string of the molecule is COC(=O)C1=C(C)NC(=O)N[C@H]1c1cc([N+](=O)[O-])ccc1O. The number of non-ortho nitro benzene ring substituents is 1. The van der Waals surface area contributed by atoms with Crippen molar-refractivity contribution < 1.29 is 24.4 Å². The summed E-state index contributed by atoms with van der Waals surface area (Å²) >= 11 is 0. The number of nitro benzene ring substituents is 1. The zero-order valence-corrected chi connectivity index (χ0v) is 11.7. The molecule has 1 atom stereocenters.